The Morgan fingerprint density at radius 3 is 2.27 bits per heavy atom. The average molecular weight is 563 g/mol. The summed E-state index contributed by atoms with van der Waals surface area (Å²) in [5.74, 6) is -2.29. The molecule has 0 aliphatic carbocycles. The number of methoxy groups -OCH3 is 1. The monoisotopic (exact) mass is 562 g/mol. The summed E-state index contributed by atoms with van der Waals surface area (Å²) in [6.07, 6.45) is -3.01. The molecule has 1 fully saturated rings. The van der Waals surface area contributed by atoms with E-state index in [2.05, 4.69) is 0 Å². The van der Waals surface area contributed by atoms with Gasteiger partial charge >= 0.3 is 5.97 Å². The number of carbonyl (C=O) groups excluding carboxylic acids is 1. The van der Waals surface area contributed by atoms with Crippen molar-refractivity contribution >= 4 is 24.4 Å². The third-order valence-electron chi connectivity index (χ3n) is 6.66. The second-order valence-electron chi connectivity index (χ2n) is 11.3. The highest BCUT2D eigenvalue weighted by atomic mass is 32.2. The fourth-order valence-electron chi connectivity index (χ4n) is 3.65. The van der Waals surface area contributed by atoms with Gasteiger partial charge in [0.25, 0.3) is 10.1 Å². The lowest BCUT2D eigenvalue weighted by Crippen LogP contribution is -2.63. The molecule has 1 heterocycles. The molecule has 0 spiro atoms. The predicted molar refractivity (Wildman–Crippen MR) is 140 cm³/mol. The summed E-state index contributed by atoms with van der Waals surface area (Å²) < 4.78 is 58.9. The molecule has 0 unspecified atom stereocenters. The summed E-state index contributed by atoms with van der Waals surface area (Å²) in [4.78, 5) is 13.0. The van der Waals surface area contributed by atoms with E-state index in [1.165, 1.54) is 0 Å². The summed E-state index contributed by atoms with van der Waals surface area (Å²) in [6, 6.07) is 9.46. The van der Waals surface area contributed by atoms with E-state index in [1.807, 2.05) is 64.2 Å². The second kappa shape index (κ2) is 11.8. The first-order valence-corrected chi connectivity index (χ1v) is 16.8. The van der Waals surface area contributed by atoms with Gasteiger partial charge in [-0.25, -0.2) is 4.79 Å². The van der Waals surface area contributed by atoms with Crippen molar-refractivity contribution in [2.75, 3.05) is 26.6 Å². The van der Waals surface area contributed by atoms with E-state index in [4.69, 9.17) is 27.6 Å². The van der Waals surface area contributed by atoms with Crippen molar-refractivity contribution in [1.82, 2.24) is 0 Å². The van der Waals surface area contributed by atoms with E-state index in [9.17, 15) is 18.3 Å². The van der Waals surface area contributed by atoms with Crippen molar-refractivity contribution in [1.29, 1.82) is 0 Å². The highest BCUT2D eigenvalue weighted by molar-refractivity contribution is 7.86. The largest absolute Gasteiger partial charge is 0.467 e. The number of ether oxygens (including phenoxy) is 4. The number of esters is 1. The normalized spacial score (nSPS) is 22.9. The number of aliphatic hydroxyl groups is 1. The first-order chi connectivity index (χ1) is 16.8. The molecule has 0 bridgehead atoms. The Morgan fingerprint density at radius 1 is 1.16 bits per heavy atom. The van der Waals surface area contributed by atoms with E-state index in [-0.39, 0.29) is 18.3 Å². The van der Waals surface area contributed by atoms with Gasteiger partial charge in [0.15, 0.2) is 14.1 Å². The van der Waals surface area contributed by atoms with Crippen molar-refractivity contribution < 1.29 is 45.9 Å². The Balaban J connectivity index is 2.42. The van der Waals surface area contributed by atoms with Gasteiger partial charge in [-0.15, -0.1) is 0 Å². The maximum absolute atomic E-state index is 13.0. The molecule has 37 heavy (non-hydrogen) atoms. The van der Waals surface area contributed by atoms with Crippen molar-refractivity contribution in [3.8, 4) is 0 Å². The molecule has 0 aromatic heterocycles. The van der Waals surface area contributed by atoms with Gasteiger partial charge in [-0.3, -0.25) is 4.18 Å². The quantitative estimate of drug-likeness (QED) is 0.231. The van der Waals surface area contributed by atoms with Crippen LogP contribution in [0.25, 0.3) is 0 Å². The van der Waals surface area contributed by atoms with Gasteiger partial charge in [-0.2, -0.15) is 8.42 Å². The minimum Gasteiger partial charge on any atom is -0.467 e. The fourth-order valence-corrected chi connectivity index (χ4v) is 5.31. The molecule has 2 rings (SSSR count). The lowest BCUT2D eigenvalue weighted by molar-refractivity contribution is -0.198. The molecule has 4 atom stereocenters. The molecule has 10 nitrogen and oxygen atoms in total. The first kappa shape index (κ1) is 31.8. The molecule has 212 valence electrons. The van der Waals surface area contributed by atoms with E-state index in [0.29, 0.717) is 0 Å². The Labute approximate surface area is 221 Å². The van der Waals surface area contributed by atoms with Crippen LogP contribution in [0.15, 0.2) is 30.3 Å². The zero-order valence-electron chi connectivity index (χ0n) is 23.3. The highest BCUT2D eigenvalue weighted by Crippen LogP contribution is 2.40. The molecule has 1 N–H and O–H groups in total. The van der Waals surface area contributed by atoms with Gasteiger partial charge in [0.1, 0.15) is 18.3 Å². The summed E-state index contributed by atoms with van der Waals surface area (Å²) in [5, 5.41) is 11.5. The number of hydrogen-bond acceptors (Lipinski definition) is 10. The number of benzene rings is 1. The van der Waals surface area contributed by atoms with Crippen LogP contribution >= 0.6 is 0 Å². The number of rotatable bonds is 12. The van der Waals surface area contributed by atoms with Crippen molar-refractivity contribution in [3.63, 3.8) is 0 Å². The minimum absolute atomic E-state index is 0.0209. The zero-order chi connectivity index (χ0) is 28.3. The maximum Gasteiger partial charge on any atom is 0.343 e. The maximum atomic E-state index is 13.0. The van der Waals surface area contributed by atoms with E-state index in [1.54, 1.807) is 13.8 Å². The minimum atomic E-state index is -4.18. The van der Waals surface area contributed by atoms with Crippen LogP contribution in [0, 0.1) is 0 Å². The van der Waals surface area contributed by atoms with Crippen LogP contribution in [0.4, 0.5) is 0 Å². The molecule has 0 saturated carbocycles. The third-order valence-corrected chi connectivity index (χ3v) is 11.7. The summed E-state index contributed by atoms with van der Waals surface area (Å²) in [7, 11) is -5.58. The van der Waals surface area contributed by atoms with Crippen molar-refractivity contribution in [2.24, 2.45) is 0 Å². The molecule has 1 saturated heterocycles. The average Bonchev–Trinajstić information content (AvgIpc) is 3.08. The topological polar surface area (TPSA) is 127 Å². The van der Waals surface area contributed by atoms with E-state index >= 15 is 0 Å². The van der Waals surface area contributed by atoms with Crippen LogP contribution in [0.1, 0.15) is 40.2 Å². The van der Waals surface area contributed by atoms with Crippen molar-refractivity contribution in [3.05, 3.63) is 35.9 Å². The summed E-state index contributed by atoms with van der Waals surface area (Å²) in [6.45, 7) is 12.8. The van der Waals surface area contributed by atoms with Gasteiger partial charge in [0.05, 0.1) is 33.2 Å². The Hall–Kier alpha value is -1.38. The SMILES string of the molecule is COC(=O)[C@](O)(CO[Si](C)(C)C(C)(C)C)[C@H](OS(C)(=O)=O)[C@@H]1OC(C)(C)O[C@H]1COCc1ccccc1. The standard InChI is InChI=1S/C25H42O10SSi/c1-23(2,3)37(8,9)32-17-25(27,22(26)30-6)21(35-36(7,28)29)20-19(33-24(4,5)34-20)16-31-15-18-13-11-10-12-14-18/h10-14,19-21,27H,15-17H2,1-9H3/t19-,20+,21+,25-/m0/s1. The van der Waals surface area contributed by atoms with Gasteiger partial charge < -0.3 is 28.5 Å². The summed E-state index contributed by atoms with van der Waals surface area (Å²) >= 11 is 0. The second-order valence-corrected chi connectivity index (χ2v) is 17.7. The summed E-state index contributed by atoms with van der Waals surface area (Å²) in [5.41, 5.74) is -1.60. The number of hydrogen-bond donors (Lipinski definition) is 1. The molecule has 12 heteroatoms. The van der Waals surface area contributed by atoms with Gasteiger partial charge in [0.2, 0.25) is 5.60 Å². The van der Waals surface area contributed by atoms with Gasteiger partial charge in [0, 0.05) is 0 Å². The smallest absolute Gasteiger partial charge is 0.343 e. The fraction of sp³-hybridized carbons (Fsp3) is 0.720. The Morgan fingerprint density at radius 2 is 1.76 bits per heavy atom. The molecule has 1 aliphatic rings. The molecule has 1 aromatic rings. The van der Waals surface area contributed by atoms with Crippen LogP contribution in [-0.2, 0) is 49.1 Å². The van der Waals surface area contributed by atoms with Crippen LogP contribution in [0.5, 0.6) is 0 Å². The van der Waals surface area contributed by atoms with Crippen LogP contribution in [-0.4, -0.2) is 84.1 Å². The highest BCUT2D eigenvalue weighted by Gasteiger charge is 2.59. The first-order valence-electron chi connectivity index (χ1n) is 12.1. The molecular weight excluding hydrogens is 520 g/mol. The molecule has 0 amide bonds. The lowest BCUT2D eigenvalue weighted by Gasteiger charge is -2.41. The van der Waals surface area contributed by atoms with Crippen LogP contribution in [0.2, 0.25) is 18.1 Å². The lowest BCUT2D eigenvalue weighted by atomic mass is 9.91. The van der Waals surface area contributed by atoms with E-state index < -0.39 is 60.7 Å². The molecule has 1 aromatic carbocycles. The molecular formula is C25H42O10SSi. The van der Waals surface area contributed by atoms with Crippen LogP contribution < -0.4 is 0 Å². The zero-order valence-corrected chi connectivity index (χ0v) is 25.1. The third kappa shape index (κ3) is 8.55. The Kier molecular flexibility index (Phi) is 10.1. The van der Waals surface area contributed by atoms with Gasteiger partial charge in [-0.1, -0.05) is 51.1 Å². The van der Waals surface area contributed by atoms with E-state index in [0.717, 1.165) is 18.9 Å². The number of carbonyl (C=O) groups is 1. The Bertz CT molecular complexity index is 1010. The predicted octanol–water partition coefficient (Wildman–Crippen LogP) is 2.99. The van der Waals surface area contributed by atoms with Gasteiger partial charge in [-0.05, 0) is 37.5 Å². The van der Waals surface area contributed by atoms with Crippen molar-refractivity contribution in [2.45, 2.75) is 89.1 Å². The van der Waals surface area contributed by atoms with Crippen LogP contribution in [0.3, 0.4) is 0 Å². The molecule has 0 radical (unpaired) electrons. The molecule has 1 aliphatic heterocycles.